The van der Waals surface area contributed by atoms with Gasteiger partial charge in [0.2, 0.25) is 12.7 Å². The molecule has 1 aliphatic heterocycles. The number of fused-ring (bicyclic) bond motifs is 2. The Labute approximate surface area is 207 Å². The average molecular weight is 488 g/mol. The number of benzene rings is 3. The number of aromatic nitrogens is 2. The summed E-state index contributed by atoms with van der Waals surface area (Å²) in [6.45, 7) is 2.50. The van der Waals surface area contributed by atoms with Crippen molar-refractivity contribution in [2.45, 2.75) is 36.7 Å². The summed E-state index contributed by atoms with van der Waals surface area (Å²) in [4.78, 5) is 31.0. The van der Waals surface area contributed by atoms with Crippen LogP contribution < -0.4 is 20.3 Å². The monoisotopic (exact) mass is 487 g/mol. The van der Waals surface area contributed by atoms with Crippen LogP contribution in [0.2, 0.25) is 0 Å². The third kappa shape index (κ3) is 5.17. The third-order valence-corrected chi connectivity index (χ3v) is 6.90. The summed E-state index contributed by atoms with van der Waals surface area (Å²) in [7, 11) is 0. The fourth-order valence-electron chi connectivity index (χ4n) is 3.95. The number of carbonyl (C=O) groups is 1. The Morgan fingerprint density at radius 2 is 1.83 bits per heavy atom. The molecule has 0 fully saturated rings. The topological polar surface area (TPSA) is 82.5 Å². The lowest BCUT2D eigenvalue weighted by atomic mass is 10.1. The van der Waals surface area contributed by atoms with E-state index >= 15 is 0 Å². The minimum absolute atomic E-state index is 0.0884. The molecule has 1 atom stereocenters. The number of thioether (sulfide) groups is 1. The molecule has 0 aliphatic carbocycles. The molecule has 7 nitrogen and oxygen atoms in total. The van der Waals surface area contributed by atoms with E-state index < -0.39 is 5.25 Å². The molecule has 8 heteroatoms. The number of amides is 1. The van der Waals surface area contributed by atoms with Gasteiger partial charge in [-0.2, -0.15) is 0 Å². The zero-order valence-corrected chi connectivity index (χ0v) is 20.1. The Hall–Kier alpha value is -3.78. The van der Waals surface area contributed by atoms with Gasteiger partial charge in [0.1, 0.15) is 0 Å². The van der Waals surface area contributed by atoms with E-state index in [4.69, 9.17) is 14.5 Å². The van der Waals surface area contributed by atoms with Gasteiger partial charge in [-0.05, 0) is 49.6 Å². The van der Waals surface area contributed by atoms with Crippen molar-refractivity contribution in [2.75, 3.05) is 12.1 Å². The Bertz CT molecular complexity index is 1420. The van der Waals surface area contributed by atoms with E-state index in [0.717, 1.165) is 12.8 Å². The number of aryl methyl sites for hydroxylation is 1. The van der Waals surface area contributed by atoms with Crippen LogP contribution in [0, 0.1) is 0 Å². The molecular weight excluding hydrogens is 462 g/mol. The standard InChI is InChI=1S/C27H25N3O4S/c1-18(25(31)28-20-13-14-23-24(16-20)34-17-33-23)35-27-29-22-12-6-5-11-21(22)26(32)30(27)15-7-10-19-8-3-2-4-9-19/h2-6,8-9,11-14,16,18H,7,10,15,17H2,1H3,(H,28,31). The minimum atomic E-state index is -0.478. The highest BCUT2D eigenvalue weighted by atomic mass is 32.2. The molecule has 0 bridgehead atoms. The lowest BCUT2D eigenvalue weighted by molar-refractivity contribution is -0.115. The number of hydrogen-bond donors (Lipinski definition) is 1. The highest BCUT2D eigenvalue weighted by Gasteiger charge is 2.21. The number of carbonyl (C=O) groups excluding carboxylic acids is 1. The van der Waals surface area contributed by atoms with E-state index in [1.807, 2.05) is 43.3 Å². The van der Waals surface area contributed by atoms with E-state index in [2.05, 4.69) is 17.4 Å². The predicted octanol–water partition coefficient (Wildman–Crippen LogP) is 4.88. The Kier molecular flexibility index (Phi) is 6.72. The van der Waals surface area contributed by atoms with Crippen LogP contribution in [0.5, 0.6) is 11.5 Å². The number of hydrogen-bond acceptors (Lipinski definition) is 6. The molecule has 1 amide bonds. The SMILES string of the molecule is CC(Sc1nc2ccccc2c(=O)n1CCCc1ccccc1)C(=O)Nc1ccc2c(c1)OCO2. The molecule has 0 saturated carbocycles. The van der Waals surface area contributed by atoms with Crippen molar-refractivity contribution in [3.63, 3.8) is 0 Å². The molecule has 1 unspecified atom stereocenters. The summed E-state index contributed by atoms with van der Waals surface area (Å²) >= 11 is 1.28. The van der Waals surface area contributed by atoms with Gasteiger partial charge < -0.3 is 14.8 Å². The largest absolute Gasteiger partial charge is 0.454 e. The molecule has 178 valence electrons. The first-order chi connectivity index (χ1) is 17.1. The molecule has 35 heavy (non-hydrogen) atoms. The van der Waals surface area contributed by atoms with Crippen molar-refractivity contribution in [1.82, 2.24) is 9.55 Å². The van der Waals surface area contributed by atoms with E-state index in [0.29, 0.717) is 39.8 Å². The van der Waals surface area contributed by atoms with Crippen LogP contribution in [0.15, 0.2) is 82.7 Å². The van der Waals surface area contributed by atoms with Crippen LogP contribution in [0.4, 0.5) is 5.69 Å². The summed E-state index contributed by atoms with van der Waals surface area (Å²) in [5.74, 6) is 1.07. The van der Waals surface area contributed by atoms with E-state index in [-0.39, 0.29) is 18.3 Å². The van der Waals surface area contributed by atoms with Gasteiger partial charge in [-0.1, -0.05) is 54.2 Å². The molecule has 0 spiro atoms. The summed E-state index contributed by atoms with van der Waals surface area (Å²) in [5.41, 5.74) is 2.38. The zero-order valence-electron chi connectivity index (χ0n) is 19.3. The summed E-state index contributed by atoms with van der Waals surface area (Å²) in [6.07, 6.45) is 1.64. The maximum atomic E-state index is 13.3. The van der Waals surface area contributed by atoms with E-state index in [1.54, 1.807) is 28.8 Å². The maximum Gasteiger partial charge on any atom is 0.262 e. The summed E-state index contributed by atoms with van der Waals surface area (Å²) < 4.78 is 12.4. The molecular formula is C27H25N3O4S. The smallest absolute Gasteiger partial charge is 0.262 e. The Balaban J connectivity index is 1.35. The number of nitrogens with zero attached hydrogens (tertiary/aromatic N) is 2. The third-order valence-electron chi connectivity index (χ3n) is 5.81. The van der Waals surface area contributed by atoms with Gasteiger partial charge in [-0.25, -0.2) is 4.98 Å². The van der Waals surface area contributed by atoms with Gasteiger partial charge in [0.05, 0.1) is 16.2 Å². The molecule has 5 rings (SSSR count). The fraction of sp³-hybridized carbons (Fsp3) is 0.222. The lowest BCUT2D eigenvalue weighted by Crippen LogP contribution is -2.27. The normalized spacial score (nSPS) is 13.1. The molecule has 1 aliphatic rings. The first-order valence-corrected chi connectivity index (χ1v) is 12.4. The van der Waals surface area contributed by atoms with Gasteiger partial charge in [0.15, 0.2) is 16.7 Å². The maximum absolute atomic E-state index is 13.3. The Morgan fingerprint density at radius 3 is 2.69 bits per heavy atom. The number of rotatable bonds is 8. The molecule has 0 radical (unpaired) electrons. The van der Waals surface area contributed by atoms with Gasteiger partial charge in [0, 0.05) is 18.3 Å². The van der Waals surface area contributed by atoms with Crippen LogP contribution in [-0.2, 0) is 17.8 Å². The van der Waals surface area contributed by atoms with E-state index in [1.165, 1.54) is 17.3 Å². The number of para-hydroxylation sites is 1. The second kappa shape index (κ2) is 10.2. The average Bonchev–Trinajstić information content (AvgIpc) is 3.34. The highest BCUT2D eigenvalue weighted by molar-refractivity contribution is 8.00. The van der Waals surface area contributed by atoms with Crippen LogP contribution in [0.3, 0.4) is 0 Å². The molecule has 1 N–H and O–H groups in total. The van der Waals surface area contributed by atoms with Crippen LogP contribution in [0.25, 0.3) is 10.9 Å². The minimum Gasteiger partial charge on any atom is -0.454 e. The summed E-state index contributed by atoms with van der Waals surface area (Å²) in [6, 6.07) is 22.8. The van der Waals surface area contributed by atoms with Gasteiger partial charge in [0.25, 0.3) is 5.56 Å². The van der Waals surface area contributed by atoms with E-state index in [9.17, 15) is 9.59 Å². The summed E-state index contributed by atoms with van der Waals surface area (Å²) in [5, 5.41) is 3.55. The van der Waals surface area contributed by atoms with Crippen molar-refractivity contribution in [3.8, 4) is 11.5 Å². The first-order valence-electron chi connectivity index (χ1n) is 11.5. The molecule has 4 aromatic rings. The molecule has 2 heterocycles. The predicted molar refractivity (Wildman–Crippen MR) is 137 cm³/mol. The van der Waals surface area contributed by atoms with Gasteiger partial charge in [-0.3, -0.25) is 14.2 Å². The molecule has 1 aromatic heterocycles. The molecule has 3 aromatic carbocycles. The fourth-order valence-corrected chi connectivity index (χ4v) is 4.89. The van der Waals surface area contributed by atoms with Crippen molar-refractivity contribution >= 4 is 34.3 Å². The van der Waals surface area contributed by atoms with Crippen molar-refractivity contribution < 1.29 is 14.3 Å². The van der Waals surface area contributed by atoms with Gasteiger partial charge in [-0.15, -0.1) is 0 Å². The van der Waals surface area contributed by atoms with Crippen molar-refractivity contribution in [2.24, 2.45) is 0 Å². The number of nitrogens with one attached hydrogen (secondary N) is 1. The lowest BCUT2D eigenvalue weighted by Gasteiger charge is -2.16. The zero-order chi connectivity index (χ0) is 24.2. The van der Waals surface area contributed by atoms with Crippen molar-refractivity contribution in [3.05, 3.63) is 88.7 Å². The second-order valence-electron chi connectivity index (χ2n) is 8.27. The van der Waals surface area contributed by atoms with Crippen LogP contribution >= 0.6 is 11.8 Å². The molecule has 0 saturated heterocycles. The first kappa shape index (κ1) is 23.0. The Morgan fingerprint density at radius 1 is 1.06 bits per heavy atom. The number of anilines is 1. The van der Waals surface area contributed by atoms with Crippen LogP contribution in [-0.4, -0.2) is 27.5 Å². The highest BCUT2D eigenvalue weighted by Crippen LogP contribution is 2.34. The quantitative estimate of drug-likeness (QED) is 0.282. The second-order valence-corrected chi connectivity index (χ2v) is 9.58. The van der Waals surface area contributed by atoms with Crippen molar-refractivity contribution in [1.29, 1.82) is 0 Å². The van der Waals surface area contributed by atoms with Crippen LogP contribution in [0.1, 0.15) is 18.9 Å². The van der Waals surface area contributed by atoms with Gasteiger partial charge >= 0.3 is 0 Å². The number of ether oxygens (including phenoxy) is 2.